The van der Waals surface area contributed by atoms with E-state index in [4.69, 9.17) is 0 Å². The maximum atomic E-state index is 13.5. The molecule has 1 amide bonds. The molecule has 35 heavy (non-hydrogen) atoms. The van der Waals surface area contributed by atoms with Gasteiger partial charge in [-0.3, -0.25) is 9.59 Å². The van der Waals surface area contributed by atoms with Gasteiger partial charge in [0.05, 0.1) is 10.4 Å². The zero-order valence-electron chi connectivity index (χ0n) is 20.7. The summed E-state index contributed by atoms with van der Waals surface area (Å²) in [6.45, 7) is 8.31. The molecule has 0 spiro atoms. The van der Waals surface area contributed by atoms with E-state index in [1.807, 2.05) is 49.6 Å². The summed E-state index contributed by atoms with van der Waals surface area (Å²) in [4.78, 5) is 28.6. The van der Waals surface area contributed by atoms with E-state index in [0.717, 1.165) is 24.0 Å². The monoisotopic (exact) mass is 495 g/mol. The summed E-state index contributed by atoms with van der Waals surface area (Å²) in [5.74, 6) is -0.302. The van der Waals surface area contributed by atoms with Gasteiger partial charge in [-0.05, 0) is 55.5 Å². The minimum atomic E-state index is -3.81. The third-order valence-corrected chi connectivity index (χ3v) is 8.47. The largest absolute Gasteiger partial charge is 0.347 e. The van der Waals surface area contributed by atoms with E-state index in [1.165, 1.54) is 10.4 Å². The Balaban J connectivity index is 1.78. The lowest BCUT2D eigenvalue weighted by molar-refractivity contribution is 0.0753. The molecule has 7 nitrogen and oxygen atoms in total. The van der Waals surface area contributed by atoms with Gasteiger partial charge in [-0.2, -0.15) is 4.31 Å². The van der Waals surface area contributed by atoms with Crippen molar-refractivity contribution in [3.63, 3.8) is 0 Å². The fraction of sp³-hybridized carbons (Fsp3) is 0.407. The van der Waals surface area contributed by atoms with Gasteiger partial charge >= 0.3 is 0 Å². The third-order valence-electron chi connectivity index (χ3n) is 6.63. The minimum absolute atomic E-state index is 0.0766. The first-order chi connectivity index (χ1) is 16.8. The summed E-state index contributed by atoms with van der Waals surface area (Å²) in [6, 6.07) is 12.5. The molecular weight excluding hydrogens is 462 g/mol. The van der Waals surface area contributed by atoms with Crippen LogP contribution in [0.4, 0.5) is 0 Å². The van der Waals surface area contributed by atoms with Gasteiger partial charge < -0.3 is 9.47 Å². The molecule has 0 fully saturated rings. The number of hydrogen-bond acceptors (Lipinski definition) is 4. The van der Waals surface area contributed by atoms with E-state index in [1.54, 1.807) is 23.2 Å². The molecule has 2 heterocycles. The zero-order valence-corrected chi connectivity index (χ0v) is 21.5. The van der Waals surface area contributed by atoms with Crippen molar-refractivity contribution in [2.24, 2.45) is 0 Å². The van der Waals surface area contributed by atoms with Gasteiger partial charge in [-0.1, -0.05) is 38.1 Å². The van der Waals surface area contributed by atoms with E-state index in [-0.39, 0.29) is 21.8 Å². The highest BCUT2D eigenvalue weighted by molar-refractivity contribution is 7.89. The second-order valence-electron chi connectivity index (χ2n) is 8.99. The molecule has 186 valence electrons. The lowest BCUT2D eigenvalue weighted by Gasteiger charge is -2.28. The van der Waals surface area contributed by atoms with Crippen molar-refractivity contribution in [2.75, 3.05) is 19.6 Å². The average molecular weight is 496 g/mol. The van der Waals surface area contributed by atoms with Crippen LogP contribution in [0.1, 0.15) is 55.1 Å². The van der Waals surface area contributed by atoms with Crippen molar-refractivity contribution < 1.29 is 13.2 Å². The number of rotatable bonds is 8. The van der Waals surface area contributed by atoms with Crippen molar-refractivity contribution in [1.29, 1.82) is 0 Å². The van der Waals surface area contributed by atoms with Gasteiger partial charge in [-0.15, -0.1) is 0 Å². The number of amides is 1. The number of pyridine rings is 1. The van der Waals surface area contributed by atoms with Crippen LogP contribution in [-0.4, -0.2) is 47.7 Å². The highest BCUT2D eigenvalue weighted by Crippen LogP contribution is 2.26. The SMILES string of the molecule is CCCN(CCC)C(=O)c1cn(CC)c2ccc(S(=O)(=O)N3CCc4ccccc4C3)cc2c1=O. The number of hydrogen-bond donors (Lipinski definition) is 0. The predicted octanol–water partition coefficient (Wildman–Crippen LogP) is 4.03. The first-order valence-electron chi connectivity index (χ1n) is 12.3. The van der Waals surface area contributed by atoms with Crippen molar-refractivity contribution >= 4 is 26.8 Å². The Kier molecular flexibility index (Phi) is 7.42. The topological polar surface area (TPSA) is 79.7 Å². The van der Waals surface area contributed by atoms with Crippen LogP contribution in [0, 0.1) is 0 Å². The number of benzene rings is 2. The third kappa shape index (κ3) is 4.77. The predicted molar refractivity (Wildman–Crippen MR) is 138 cm³/mol. The Morgan fingerprint density at radius 1 is 1.00 bits per heavy atom. The van der Waals surface area contributed by atoms with Crippen molar-refractivity contribution in [3.8, 4) is 0 Å². The number of aryl methyl sites for hydroxylation is 1. The molecule has 8 heteroatoms. The van der Waals surface area contributed by atoms with Crippen molar-refractivity contribution in [2.45, 2.75) is 58.0 Å². The van der Waals surface area contributed by atoms with E-state index in [0.29, 0.717) is 44.7 Å². The number of carbonyl (C=O) groups is 1. The Morgan fingerprint density at radius 2 is 1.69 bits per heavy atom. The summed E-state index contributed by atoms with van der Waals surface area (Å²) in [5, 5.41) is 0.254. The maximum absolute atomic E-state index is 13.5. The molecule has 0 radical (unpaired) electrons. The number of carbonyl (C=O) groups excluding carboxylic acids is 1. The minimum Gasteiger partial charge on any atom is -0.347 e. The van der Waals surface area contributed by atoms with Gasteiger partial charge in [-0.25, -0.2) is 8.42 Å². The smallest absolute Gasteiger partial charge is 0.259 e. The van der Waals surface area contributed by atoms with Crippen LogP contribution >= 0.6 is 0 Å². The van der Waals surface area contributed by atoms with Crippen LogP contribution < -0.4 is 5.43 Å². The van der Waals surface area contributed by atoms with Crippen LogP contribution in [0.5, 0.6) is 0 Å². The van der Waals surface area contributed by atoms with Crippen LogP contribution in [-0.2, 0) is 29.5 Å². The Labute approximate surface area is 207 Å². The molecule has 1 aliphatic heterocycles. The Hall–Kier alpha value is -2.97. The van der Waals surface area contributed by atoms with E-state index in [9.17, 15) is 18.0 Å². The van der Waals surface area contributed by atoms with Crippen molar-refractivity contribution in [1.82, 2.24) is 13.8 Å². The molecule has 0 N–H and O–H groups in total. The lowest BCUT2D eigenvalue weighted by atomic mass is 10.0. The normalized spacial score (nSPS) is 14.1. The van der Waals surface area contributed by atoms with E-state index >= 15 is 0 Å². The van der Waals surface area contributed by atoms with Gasteiger partial charge in [0.2, 0.25) is 15.5 Å². The second kappa shape index (κ2) is 10.3. The van der Waals surface area contributed by atoms with Crippen LogP contribution in [0.3, 0.4) is 0 Å². The Bertz CT molecular complexity index is 1410. The van der Waals surface area contributed by atoms with Crippen LogP contribution in [0.25, 0.3) is 10.9 Å². The molecule has 3 aromatic rings. The molecule has 0 atom stereocenters. The van der Waals surface area contributed by atoms with Gasteiger partial charge in [0.1, 0.15) is 5.56 Å². The molecule has 1 aliphatic rings. The van der Waals surface area contributed by atoms with Crippen LogP contribution in [0.15, 0.2) is 58.4 Å². The summed E-state index contributed by atoms with van der Waals surface area (Å²) in [6.07, 6.45) is 3.85. The number of sulfonamides is 1. The van der Waals surface area contributed by atoms with Crippen molar-refractivity contribution in [3.05, 3.63) is 75.6 Å². The molecule has 0 saturated carbocycles. The van der Waals surface area contributed by atoms with Crippen LogP contribution in [0.2, 0.25) is 0 Å². The molecule has 0 unspecified atom stereocenters. The molecule has 0 aliphatic carbocycles. The molecular formula is C27H33N3O4S. The summed E-state index contributed by atoms with van der Waals surface area (Å²) in [5.41, 5.74) is 2.44. The average Bonchev–Trinajstić information content (AvgIpc) is 2.88. The fourth-order valence-corrected chi connectivity index (χ4v) is 6.25. The van der Waals surface area contributed by atoms with Gasteiger partial charge in [0.25, 0.3) is 5.91 Å². The first kappa shape index (κ1) is 25.1. The fourth-order valence-electron chi connectivity index (χ4n) is 4.80. The van der Waals surface area contributed by atoms with E-state index in [2.05, 4.69) is 0 Å². The summed E-state index contributed by atoms with van der Waals surface area (Å²) < 4.78 is 30.4. The number of nitrogens with zero attached hydrogens (tertiary/aromatic N) is 3. The maximum Gasteiger partial charge on any atom is 0.259 e. The highest BCUT2D eigenvalue weighted by Gasteiger charge is 2.29. The van der Waals surface area contributed by atoms with Gasteiger partial charge in [0.15, 0.2) is 0 Å². The lowest BCUT2D eigenvalue weighted by Crippen LogP contribution is -2.36. The van der Waals surface area contributed by atoms with E-state index < -0.39 is 15.5 Å². The quantitative estimate of drug-likeness (QED) is 0.473. The highest BCUT2D eigenvalue weighted by atomic mass is 32.2. The van der Waals surface area contributed by atoms with Gasteiger partial charge in [0, 0.05) is 44.3 Å². The zero-order chi connectivity index (χ0) is 25.2. The Morgan fingerprint density at radius 3 is 2.34 bits per heavy atom. The molecule has 1 aromatic heterocycles. The second-order valence-corrected chi connectivity index (χ2v) is 10.9. The first-order valence-corrected chi connectivity index (χ1v) is 13.8. The molecule has 0 saturated heterocycles. The molecule has 4 rings (SSSR count). The summed E-state index contributed by atoms with van der Waals surface area (Å²) in [7, 11) is -3.81. The number of aromatic nitrogens is 1. The summed E-state index contributed by atoms with van der Waals surface area (Å²) >= 11 is 0. The number of fused-ring (bicyclic) bond motifs is 2. The standard InChI is InChI=1S/C27H33N3O4S/c1-4-14-29(15-5-2)27(32)24-19-28(6-3)25-12-11-22(17-23(25)26(24)31)35(33,34)30-16-13-20-9-7-8-10-21(20)18-30/h7-12,17,19H,4-6,13-16,18H2,1-3H3. The molecule has 2 aromatic carbocycles. The molecule has 0 bridgehead atoms.